The lowest BCUT2D eigenvalue weighted by Crippen LogP contribution is -1.96. The fourth-order valence-corrected chi connectivity index (χ4v) is 3.54. The molecule has 0 saturated carbocycles. The van der Waals surface area contributed by atoms with Gasteiger partial charge in [0.1, 0.15) is 4.70 Å². The van der Waals surface area contributed by atoms with E-state index in [2.05, 4.69) is 15.0 Å². The van der Waals surface area contributed by atoms with Gasteiger partial charge in [0.05, 0.1) is 5.52 Å². The molecule has 2 aromatic carbocycles. The van der Waals surface area contributed by atoms with Gasteiger partial charge in [-0.1, -0.05) is 23.7 Å². The first-order chi connectivity index (χ1) is 13.1. The van der Waals surface area contributed by atoms with Crippen molar-refractivity contribution in [3.8, 4) is 23.0 Å². The molecule has 134 valence electrons. The van der Waals surface area contributed by atoms with Crippen molar-refractivity contribution in [3.63, 3.8) is 0 Å². The third kappa shape index (κ3) is 3.67. The Labute approximate surface area is 164 Å². The normalized spacial score (nSPS) is 11.4. The molecule has 4 aromatic rings. The van der Waals surface area contributed by atoms with Crippen LogP contribution in [0.15, 0.2) is 58.9 Å². The highest BCUT2D eigenvalue weighted by Crippen LogP contribution is 2.34. The number of hydrogen-bond acceptors (Lipinski definition) is 5. The number of halogens is 2. The van der Waals surface area contributed by atoms with Crippen LogP contribution in [0.4, 0.5) is 4.39 Å². The van der Waals surface area contributed by atoms with Gasteiger partial charge in [-0.15, -0.1) is 11.3 Å². The van der Waals surface area contributed by atoms with Crippen LogP contribution >= 0.6 is 22.9 Å². The summed E-state index contributed by atoms with van der Waals surface area (Å²) in [5.41, 5.74) is 2.15. The Hall–Kier alpha value is -2.83. The number of fused-ring (bicyclic) bond motifs is 1. The first kappa shape index (κ1) is 17.6. The van der Waals surface area contributed by atoms with Crippen LogP contribution in [0, 0.1) is 5.82 Å². The van der Waals surface area contributed by atoms with Gasteiger partial charge in [-0.05, 0) is 47.3 Å². The molecular formula is C20H13ClFN3OS. The van der Waals surface area contributed by atoms with Crippen LogP contribution in [0.3, 0.4) is 0 Å². The highest BCUT2D eigenvalue weighted by atomic mass is 35.5. The van der Waals surface area contributed by atoms with Crippen molar-refractivity contribution in [3.05, 3.63) is 70.3 Å². The largest absolute Gasteiger partial charge is 0.434 e. The number of rotatable bonds is 4. The lowest BCUT2D eigenvalue weighted by Gasteiger charge is -2.09. The molecule has 4 rings (SSSR count). The Morgan fingerprint density at radius 2 is 2.04 bits per heavy atom. The van der Waals surface area contributed by atoms with Gasteiger partial charge >= 0.3 is 0 Å². The smallest absolute Gasteiger partial charge is 0.241 e. The third-order valence-electron chi connectivity index (χ3n) is 3.80. The highest BCUT2D eigenvalue weighted by molar-refractivity contribution is 7.17. The van der Waals surface area contributed by atoms with E-state index >= 15 is 0 Å². The molecule has 0 aliphatic carbocycles. The van der Waals surface area contributed by atoms with E-state index in [0.717, 1.165) is 15.8 Å². The van der Waals surface area contributed by atoms with Gasteiger partial charge in [-0.2, -0.15) is 4.98 Å². The fourth-order valence-electron chi connectivity index (χ4n) is 2.60. The topological polar surface area (TPSA) is 47.4 Å². The first-order valence-corrected chi connectivity index (χ1v) is 9.30. The molecule has 7 heteroatoms. The molecule has 0 saturated heterocycles. The first-order valence-electron chi connectivity index (χ1n) is 8.05. The molecule has 27 heavy (non-hydrogen) atoms. The van der Waals surface area contributed by atoms with E-state index in [9.17, 15) is 4.39 Å². The van der Waals surface area contributed by atoms with Crippen LogP contribution in [-0.2, 0) is 0 Å². The Bertz CT molecular complexity index is 1160. The molecule has 0 unspecified atom stereocenters. The number of hydrogen-bond donors (Lipinski definition) is 0. The average molecular weight is 398 g/mol. The number of ether oxygens (including phenoxy) is 1. The Kier molecular flexibility index (Phi) is 4.83. The molecule has 0 aliphatic heterocycles. The van der Waals surface area contributed by atoms with E-state index < -0.39 is 5.82 Å². The van der Waals surface area contributed by atoms with Gasteiger partial charge in [0.2, 0.25) is 5.88 Å². The van der Waals surface area contributed by atoms with Crippen LogP contribution in [-0.4, -0.2) is 23.2 Å². The Balaban J connectivity index is 1.78. The van der Waals surface area contributed by atoms with E-state index in [1.807, 2.05) is 23.6 Å². The summed E-state index contributed by atoms with van der Waals surface area (Å²) in [5.74, 6) is 0.378. The zero-order chi connectivity index (χ0) is 18.8. The summed E-state index contributed by atoms with van der Waals surface area (Å²) in [5, 5.41) is 2.48. The highest BCUT2D eigenvalue weighted by Gasteiger charge is 2.15. The lowest BCUT2D eigenvalue weighted by atomic mass is 10.2. The molecule has 0 radical (unpaired) electrons. The quantitative estimate of drug-likeness (QED) is 0.397. The summed E-state index contributed by atoms with van der Waals surface area (Å²) in [4.78, 5) is 12.9. The van der Waals surface area contributed by atoms with E-state index in [1.165, 1.54) is 17.4 Å². The number of aromatic nitrogens is 2. The lowest BCUT2D eigenvalue weighted by molar-refractivity contribution is 0.433. The zero-order valence-corrected chi connectivity index (χ0v) is 15.8. The van der Waals surface area contributed by atoms with Gasteiger partial charge in [0.15, 0.2) is 17.4 Å². The molecule has 0 amide bonds. The van der Waals surface area contributed by atoms with Crippen molar-refractivity contribution < 1.29 is 9.13 Å². The predicted octanol–water partition coefficient (Wildman–Crippen LogP) is 5.99. The molecular weight excluding hydrogens is 385 g/mol. The summed E-state index contributed by atoms with van der Waals surface area (Å²) in [6.07, 6.45) is 1.58. The molecule has 4 nitrogen and oxygen atoms in total. The van der Waals surface area contributed by atoms with Crippen molar-refractivity contribution in [2.75, 3.05) is 7.05 Å². The van der Waals surface area contributed by atoms with E-state index in [4.69, 9.17) is 16.3 Å². The van der Waals surface area contributed by atoms with Crippen molar-refractivity contribution >= 4 is 39.4 Å². The fraction of sp³-hybridized carbons (Fsp3) is 0.0500. The molecule has 0 atom stereocenters. The molecule has 0 bridgehead atoms. The van der Waals surface area contributed by atoms with Gasteiger partial charge in [0.25, 0.3) is 0 Å². The second-order valence-corrected chi connectivity index (χ2v) is 7.03. The maximum absolute atomic E-state index is 14.4. The standard InChI is InChI=1S/C20H13ClFN3OS/c1-23-11-12-5-6-17(15(22)9-12)26-20-18-16(7-8-27-18)24-19(25-20)13-3-2-4-14(21)10-13/h2-11H,1H3. The van der Waals surface area contributed by atoms with Crippen LogP contribution in [0.1, 0.15) is 5.56 Å². The summed E-state index contributed by atoms with van der Waals surface area (Å²) >= 11 is 7.52. The van der Waals surface area contributed by atoms with Crippen molar-refractivity contribution in [1.82, 2.24) is 9.97 Å². The Morgan fingerprint density at radius 3 is 2.81 bits per heavy atom. The number of nitrogens with zero attached hydrogens (tertiary/aromatic N) is 3. The third-order valence-corrected chi connectivity index (χ3v) is 4.92. The number of benzene rings is 2. The summed E-state index contributed by atoms with van der Waals surface area (Å²) in [7, 11) is 1.63. The van der Waals surface area contributed by atoms with E-state index in [0.29, 0.717) is 22.3 Å². The van der Waals surface area contributed by atoms with Gasteiger partial charge in [-0.3, -0.25) is 4.99 Å². The molecule has 2 heterocycles. The molecule has 0 fully saturated rings. The van der Waals surface area contributed by atoms with Crippen LogP contribution < -0.4 is 4.74 Å². The molecule has 2 aromatic heterocycles. The predicted molar refractivity (Wildman–Crippen MR) is 108 cm³/mol. The summed E-state index contributed by atoms with van der Waals surface area (Å²) < 4.78 is 21.0. The SMILES string of the molecule is CN=Cc1ccc(Oc2nc(-c3cccc(Cl)c3)nc3ccsc23)c(F)c1. The zero-order valence-electron chi connectivity index (χ0n) is 14.2. The number of aliphatic imine (C=N–C) groups is 1. The van der Waals surface area contributed by atoms with Crippen molar-refractivity contribution in [2.45, 2.75) is 0 Å². The minimum absolute atomic E-state index is 0.0914. The summed E-state index contributed by atoms with van der Waals surface area (Å²) in [6, 6.07) is 13.8. The number of thiophene rings is 1. The summed E-state index contributed by atoms with van der Waals surface area (Å²) in [6.45, 7) is 0. The molecule has 0 spiro atoms. The Morgan fingerprint density at radius 1 is 1.15 bits per heavy atom. The van der Waals surface area contributed by atoms with Crippen LogP contribution in [0.2, 0.25) is 5.02 Å². The maximum Gasteiger partial charge on any atom is 0.241 e. The molecule has 0 aliphatic rings. The van der Waals surface area contributed by atoms with Gasteiger partial charge in [0, 0.05) is 23.8 Å². The molecule has 0 N–H and O–H groups in total. The van der Waals surface area contributed by atoms with Gasteiger partial charge in [-0.25, -0.2) is 9.37 Å². The van der Waals surface area contributed by atoms with Crippen LogP contribution in [0.5, 0.6) is 11.6 Å². The van der Waals surface area contributed by atoms with Gasteiger partial charge < -0.3 is 4.74 Å². The van der Waals surface area contributed by atoms with E-state index in [-0.39, 0.29) is 5.75 Å². The second kappa shape index (κ2) is 7.42. The minimum Gasteiger partial charge on any atom is -0.434 e. The monoisotopic (exact) mass is 397 g/mol. The average Bonchev–Trinajstić information content (AvgIpc) is 3.13. The minimum atomic E-state index is -0.486. The van der Waals surface area contributed by atoms with E-state index in [1.54, 1.807) is 37.5 Å². The van der Waals surface area contributed by atoms with Crippen molar-refractivity contribution in [2.24, 2.45) is 4.99 Å². The van der Waals surface area contributed by atoms with Crippen LogP contribution in [0.25, 0.3) is 21.6 Å². The second-order valence-electron chi connectivity index (χ2n) is 5.68. The maximum atomic E-state index is 14.4. The van der Waals surface area contributed by atoms with Crippen molar-refractivity contribution in [1.29, 1.82) is 0 Å².